The van der Waals surface area contributed by atoms with Gasteiger partial charge < -0.3 is 19.5 Å². The summed E-state index contributed by atoms with van der Waals surface area (Å²) < 4.78 is 11.4. The number of rotatable bonds is 3. The number of hydrogen-bond donors (Lipinski definition) is 1. The molecule has 5 nitrogen and oxygen atoms in total. The average Bonchev–Trinajstić information content (AvgIpc) is 2.78. The highest BCUT2D eigenvalue weighted by molar-refractivity contribution is 5.80. The molecule has 1 N–H and O–H groups in total. The molecule has 1 spiro atoms. The highest BCUT2D eigenvalue weighted by Crippen LogP contribution is 2.42. The van der Waals surface area contributed by atoms with Crippen molar-refractivity contribution < 1.29 is 19.4 Å². The zero-order valence-corrected chi connectivity index (χ0v) is 12.2. The van der Waals surface area contributed by atoms with E-state index in [4.69, 9.17) is 9.47 Å². The third-order valence-electron chi connectivity index (χ3n) is 5.25. The Hall–Kier alpha value is -0.650. The van der Waals surface area contributed by atoms with Crippen LogP contribution in [0.4, 0.5) is 0 Å². The Morgan fingerprint density at radius 3 is 3.00 bits per heavy atom. The first kappa shape index (κ1) is 14.3. The molecule has 0 unspecified atom stereocenters. The zero-order valence-electron chi connectivity index (χ0n) is 12.2. The number of morpholine rings is 1. The van der Waals surface area contributed by atoms with Gasteiger partial charge in [-0.25, -0.2) is 0 Å². The predicted octanol–water partition coefficient (Wildman–Crippen LogP) is 0.801. The molecule has 1 amide bonds. The van der Waals surface area contributed by atoms with E-state index in [1.54, 1.807) is 7.11 Å². The van der Waals surface area contributed by atoms with E-state index in [0.717, 1.165) is 19.3 Å². The summed E-state index contributed by atoms with van der Waals surface area (Å²) in [4.78, 5) is 14.4. The maximum Gasteiger partial charge on any atom is 0.226 e. The summed E-state index contributed by atoms with van der Waals surface area (Å²) in [5.74, 6) is 0.638. The second-order valence-corrected chi connectivity index (χ2v) is 6.54. The van der Waals surface area contributed by atoms with Crippen LogP contribution in [0.3, 0.4) is 0 Å². The molecule has 0 radical (unpaired) electrons. The summed E-state index contributed by atoms with van der Waals surface area (Å²) in [6, 6.07) is 0. The highest BCUT2D eigenvalue weighted by atomic mass is 16.5. The largest absolute Gasteiger partial charge is 0.393 e. The van der Waals surface area contributed by atoms with Gasteiger partial charge >= 0.3 is 0 Å². The molecule has 1 saturated heterocycles. The second kappa shape index (κ2) is 5.62. The van der Waals surface area contributed by atoms with Crippen molar-refractivity contribution in [1.29, 1.82) is 0 Å². The lowest BCUT2D eigenvalue weighted by molar-refractivity contribution is -0.168. The van der Waals surface area contributed by atoms with Crippen molar-refractivity contribution in [3.05, 3.63) is 0 Å². The van der Waals surface area contributed by atoms with Crippen molar-refractivity contribution in [2.24, 2.45) is 11.8 Å². The normalized spacial score (nSPS) is 40.9. The number of methoxy groups -OCH3 is 1. The number of aliphatic hydroxyl groups is 1. The summed E-state index contributed by atoms with van der Waals surface area (Å²) in [5.41, 5.74) is -0.188. The molecule has 3 rings (SSSR count). The van der Waals surface area contributed by atoms with Crippen LogP contribution in [-0.2, 0) is 14.3 Å². The molecule has 0 aromatic rings. The Kier molecular flexibility index (Phi) is 4.02. The molecule has 0 aromatic heterocycles. The van der Waals surface area contributed by atoms with Crippen LogP contribution in [0.1, 0.15) is 32.1 Å². The van der Waals surface area contributed by atoms with Crippen molar-refractivity contribution in [3.63, 3.8) is 0 Å². The van der Waals surface area contributed by atoms with Crippen LogP contribution in [0.25, 0.3) is 0 Å². The SMILES string of the molecule is COC[C@H]1CCC[C@@]12CN(C(=O)C1CC(O)C1)CCO2. The van der Waals surface area contributed by atoms with Crippen LogP contribution < -0.4 is 0 Å². The van der Waals surface area contributed by atoms with Crippen LogP contribution in [-0.4, -0.2) is 61.0 Å². The maximum atomic E-state index is 12.5. The van der Waals surface area contributed by atoms with Crippen molar-refractivity contribution in [2.45, 2.75) is 43.8 Å². The van der Waals surface area contributed by atoms with E-state index >= 15 is 0 Å². The molecule has 20 heavy (non-hydrogen) atoms. The van der Waals surface area contributed by atoms with Crippen LogP contribution in [0.15, 0.2) is 0 Å². The molecule has 5 heteroatoms. The molecule has 3 fully saturated rings. The van der Waals surface area contributed by atoms with Crippen LogP contribution in [0.5, 0.6) is 0 Å². The van der Waals surface area contributed by atoms with Gasteiger partial charge in [0.1, 0.15) is 0 Å². The van der Waals surface area contributed by atoms with E-state index in [9.17, 15) is 9.90 Å². The van der Waals surface area contributed by atoms with E-state index in [1.165, 1.54) is 0 Å². The number of carbonyl (C=O) groups is 1. The van der Waals surface area contributed by atoms with E-state index < -0.39 is 0 Å². The first-order chi connectivity index (χ1) is 9.64. The molecule has 0 aromatic carbocycles. The second-order valence-electron chi connectivity index (χ2n) is 6.54. The van der Waals surface area contributed by atoms with Gasteiger partial charge in [0.05, 0.1) is 31.5 Å². The minimum absolute atomic E-state index is 0.0300. The van der Waals surface area contributed by atoms with Gasteiger partial charge in [0.25, 0.3) is 0 Å². The molecule has 2 atom stereocenters. The zero-order chi connectivity index (χ0) is 14.2. The Bertz CT molecular complexity index is 369. The molecule has 3 aliphatic rings. The fraction of sp³-hybridized carbons (Fsp3) is 0.933. The van der Waals surface area contributed by atoms with Gasteiger partial charge in [0.15, 0.2) is 0 Å². The predicted molar refractivity (Wildman–Crippen MR) is 73.2 cm³/mol. The highest BCUT2D eigenvalue weighted by Gasteiger charge is 2.49. The standard InChI is InChI=1S/C15H25NO4/c1-19-9-12-3-2-4-15(12)10-16(5-6-20-15)14(18)11-7-13(17)8-11/h11-13,17H,2-10H2,1H3/t11?,12-,13?,15-/m1/s1. The van der Waals surface area contributed by atoms with Gasteiger partial charge in [0, 0.05) is 25.5 Å². The van der Waals surface area contributed by atoms with Crippen molar-refractivity contribution >= 4 is 5.91 Å². The molecule has 2 saturated carbocycles. The molecular formula is C15H25NO4. The number of amides is 1. The topological polar surface area (TPSA) is 59.0 Å². The quantitative estimate of drug-likeness (QED) is 0.832. The Morgan fingerprint density at radius 1 is 1.50 bits per heavy atom. The van der Waals surface area contributed by atoms with Gasteiger partial charge in [-0.2, -0.15) is 0 Å². The fourth-order valence-corrected chi connectivity index (χ4v) is 3.99. The molecule has 1 aliphatic heterocycles. The minimum atomic E-state index is -0.272. The summed E-state index contributed by atoms with van der Waals surface area (Å²) >= 11 is 0. The van der Waals surface area contributed by atoms with E-state index in [2.05, 4.69) is 0 Å². The molecular weight excluding hydrogens is 258 g/mol. The van der Waals surface area contributed by atoms with Gasteiger partial charge in [0.2, 0.25) is 5.91 Å². The smallest absolute Gasteiger partial charge is 0.226 e. The van der Waals surface area contributed by atoms with E-state index in [0.29, 0.717) is 45.1 Å². The Balaban J connectivity index is 1.65. The summed E-state index contributed by atoms with van der Waals surface area (Å²) in [5, 5.41) is 9.37. The van der Waals surface area contributed by atoms with E-state index in [1.807, 2.05) is 4.90 Å². The summed E-state index contributed by atoms with van der Waals surface area (Å²) in [6.45, 7) is 2.73. The van der Waals surface area contributed by atoms with Crippen LogP contribution in [0.2, 0.25) is 0 Å². The van der Waals surface area contributed by atoms with Crippen molar-refractivity contribution in [2.75, 3.05) is 33.4 Å². The number of ether oxygens (including phenoxy) is 2. The van der Waals surface area contributed by atoms with Gasteiger partial charge in [-0.05, 0) is 25.7 Å². The Labute approximate surface area is 120 Å². The van der Waals surface area contributed by atoms with Gasteiger partial charge in [-0.3, -0.25) is 4.79 Å². The monoisotopic (exact) mass is 283 g/mol. The lowest BCUT2D eigenvalue weighted by Gasteiger charge is -2.46. The Morgan fingerprint density at radius 2 is 2.30 bits per heavy atom. The lowest BCUT2D eigenvalue weighted by Crippen LogP contribution is -2.58. The number of carbonyl (C=O) groups excluding carboxylic acids is 1. The average molecular weight is 283 g/mol. The van der Waals surface area contributed by atoms with E-state index in [-0.39, 0.29) is 23.5 Å². The first-order valence-electron chi connectivity index (χ1n) is 7.74. The van der Waals surface area contributed by atoms with Crippen LogP contribution >= 0.6 is 0 Å². The molecule has 2 aliphatic carbocycles. The number of nitrogens with zero attached hydrogens (tertiary/aromatic N) is 1. The summed E-state index contributed by atoms with van der Waals surface area (Å²) in [6.07, 6.45) is 4.29. The maximum absolute atomic E-state index is 12.5. The first-order valence-corrected chi connectivity index (χ1v) is 7.74. The van der Waals surface area contributed by atoms with Crippen molar-refractivity contribution in [1.82, 2.24) is 4.90 Å². The third kappa shape index (κ3) is 2.47. The van der Waals surface area contributed by atoms with Crippen LogP contribution in [0, 0.1) is 11.8 Å². The molecule has 1 heterocycles. The summed E-state index contributed by atoms with van der Waals surface area (Å²) in [7, 11) is 1.73. The van der Waals surface area contributed by atoms with Crippen molar-refractivity contribution in [3.8, 4) is 0 Å². The fourth-order valence-electron chi connectivity index (χ4n) is 3.99. The van der Waals surface area contributed by atoms with Gasteiger partial charge in [-0.1, -0.05) is 6.42 Å². The lowest BCUT2D eigenvalue weighted by atomic mass is 9.80. The number of hydrogen-bond acceptors (Lipinski definition) is 4. The minimum Gasteiger partial charge on any atom is -0.393 e. The molecule has 0 bridgehead atoms. The number of aliphatic hydroxyl groups excluding tert-OH is 1. The van der Waals surface area contributed by atoms with Gasteiger partial charge in [-0.15, -0.1) is 0 Å². The third-order valence-corrected chi connectivity index (χ3v) is 5.25. The molecule has 114 valence electrons.